The van der Waals surface area contributed by atoms with E-state index in [0.717, 1.165) is 10.6 Å². The number of hydrogen-bond acceptors (Lipinski definition) is 5. The zero-order valence-corrected chi connectivity index (χ0v) is 13.2. The maximum Gasteiger partial charge on any atom is 0.292 e. The number of rotatable bonds is 4. The maximum atomic E-state index is 12.2. The number of thioether (sulfide) groups is 1. The molecule has 1 aliphatic heterocycles. The lowest BCUT2D eigenvalue weighted by molar-refractivity contribution is -0.383. The van der Waals surface area contributed by atoms with Crippen molar-refractivity contribution in [2.45, 2.75) is 16.6 Å². The van der Waals surface area contributed by atoms with Crippen LogP contribution in [0.1, 0.15) is 6.42 Å². The third-order valence-electron chi connectivity index (χ3n) is 3.45. The molecule has 1 heterocycles. The van der Waals surface area contributed by atoms with Crippen LogP contribution in [-0.2, 0) is 9.59 Å². The molecular formula is C16H13N3O4S. The fraction of sp³-hybridized carbons (Fsp3) is 0.125. The summed E-state index contributed by atoms with van der Waals surface area (Å²) in [7, 11) is 0. The molecule has 0 fully saturated rings. The number of para-hydroxylation sites is 3. The van der Waals surface area contributed by atoms with Gasteiger partial charge < -0.3 is 10.6 Å². The smallest absolute Gasteiger partial charge is 0.292 e. The number of carbonyl (C=O) groups excluding carboxylic acids is 2. The van der Waals surface area contributed by atoms with Gasteiger partial charge in [0.1, 0.15) is 5.69 Å². The molecule has 0 aliphatic carbocycles. The summed E-state index contributed by atoms with van der Waals surface area (Å²) in [5, 5.41) is 15.7. The summed E-state index contributed by atoms with van der Waals surface area (Å²) >= 11 is 1.31. The van der Waals surface area contributed by atoms with Gasteiger partial charge in [0, 0.05) is 17.4 Å². The molecule has 2 aromatic carbocycles. The van der Waals surface area contributed by atoms with E-state index in [1.54, 1.807) is 12.1 Å². The van der Waals surface area contributed by atoms with Gasteiger partial charge in [0.05, 0.1) is 15.9 Å². The van der Waals surface area contributed by atoms with Crippen LogP contribution in [0, 0.1) is 10.1 Å². The highest BCUT2D eigenvalue weighted by molar-refractivity contribution is 8.01. The Morgan fingerprint density at radius 3 is 2.71 bits per heavy atom. The highest BCUT2D eigenvalue weighted by Gasteiger charge is 2.29. The van der Waals surface area contributed by atoms with E-state index in [9.17, 15) is 19.7 Å². The zero-order valence-electron chi connectivity index (χ0n) is 12.4. The van der Waals surface area contributed by atoms with Gasteiger partial charge in [0.25, 0.3) is 5.69 Å². The highest BCUT2D eigenvalue weighted by atomic mass is 32.2. The summed E-state index contributed by atoms with van der Waals surface area (Å²) in [5.41, 5.74) is 0.661. The molecule has 0 saturated carbocycles. The molecule has 0 bridgehead atoms. The Hall–Kier alpha value is -2.87. The molecule has 0 radical (unpaired) electrons. The second kappa shape index (κ2) is 6.71. The number of fused-ring (bicyclic) bond motifs is 1. The van der Waals surface area contributed by atoms with Crippen molar-refractivity contribution in [2.75, 3.05) is 10.6 Å². The summed E-state index contributed by atoms with van der Waals surface area (Å²) in [6, 6.07) is 13.2. The lowest BCUT2D eigenvalue weighted by Crippen LogP contribution is -2.32. The quantitative estimate of drug-likeness (QED) is 0.656. The minimum Gasteiger partial charge on any atom is -0.324 e. The fourth-order valence-corrected chi connectivity index (χ4v) is 3.45. The highest BCUT2D eigenvalue weighted by Crippen LogP contribution is 2.36. The third-order valence-corrected chi connectivity index (χ3v) is 4.73. The first-order valence-electron chi connectivity index (χ1n) is 7.14. The Morgan fingerprint density at radius 1 is 1.21 bits per heavy atom. The SMILES string of the molecule is O=C(CC1Sc2ccccc2NC1=O)Nc1ccccc1[N+](=O)[O-]. The van der Waals surface area contributed by atoms with Crippen LogP contribution in [0.2, 0.25) is 0 Å². The first-order valence-corrected chi connectivity index (χ1v) is 8.02. The van der Waals surface area contributed by atoms with Gasteiger partial charge in [-0.3, -0.25) is 19.7 Å². The number of nitro groups is 1. The number of carbonyl (C=O) groups is 2. The van der Waals surface area contributed by atoms with Crippen LogP contribution in [0.3, 0.4) is 0 Å². The summed E-state index contributed by atoms with van der Waals surface area (Å²) in [5.74, 6) is -0.701. The lowest BCUT2D eigenvalue weighted by Gasteiger charge is -2.23. The van der Waals surface area contributed by atoms with Gasteiger partial charge in [0.15, 0.2) is 0 Å². The number of hydrogen-bond donors (Lipinski definition) is 2. The molecule has 122 valence electrons. The molecule has 2 aromatic rings. The Bertz CT molecular complexity index is 824. The first kappa shape index (κ1) is 16.0. The normalized spacial score (nSPS) is 16.0. The number of nitro benzene ring substituents is 1. The van der Waals surface area contributed by atoms with E-state index in [4.69, 9.17) is 0 Å². The van der Waals surface area contributed by atoms with Crippen LogP contribution in [0.4, 0.5) is 17.1 Å². The van der Waals surface area contributed by atoms with Crippen molar-refractivity contribution in [1.29, 1.82) is 0 Å². The molecule has 2 N–H and O–H groups in total. The molecular weight excluding hydrogens is 330 g/mol. The van der Waals surface area contributed by atoms with Gasteiger partial charge >= 0.3 is 0 Å². The largest absolute Gasteiger partial charge is 0.324 e. The number of anilines is 2. The van der Waals surface area contributed by atoms with Crippen LogP contribution < -0.4 is 10.6 Å². The van der Waals surface area contributed by atoms with Crippen LogP contribution in [0.5, 0.6) is 0 Å². The number of nitrogens with one attached hydrogen (secondary N) is 2. The first-order chi connectivity index (χ1) is 11.5. The van der Waals surface area contributed by atoms with Crippen molar-refractivity contribution in [2.24, 2.45) is 0 Å². The zero-order chi connectivity index (χ0) is 17.1. The molecule has 0 spiro atoms. The summed E-state index contributed by atoms with van der Waals surface area (Å²) < 4.78 is 0. The average molecular weight is 343 g/mol. The fourth-order valence-electron chi connectivity index (χ4n) is 2.34. The van der Waals surface area contributed by atoms with Gasteiger partial charge in [-0.05, 0) is 18.2 Å². The van der Waals surface area contributed by atoms with E-state index in [1.807, 2.05) is 18.2 Å². The molecule has 1 unspecified atom stereocenters. The van der Waals surface area contributed by atoms with Crippen molar-refractivity contribution in [3.63, 3.8) is 0 Å². The molecule has 7 nitrogen and oxygen atoms in total. The van der Waals surface area contributed by atoms with Crippen LogP contribution in [-0.4, -0.2) is 22.0 Å². The van der Waals surface area contributed by atoms with Gasteiger partial charge in [-0.15, -0.1) is 11.8 Å². The predicted molar refractivity (Wildman–Crippen MR) is 91.1 cm³/mol. The minimum absolute atomic E-state index is 0.0725. The van der Waals surface area contributed by atoms with Crippen molar-refractivity contribution < 1.29 is 14.5 Å². The van der Waals surface area contributed by atoms with E-state index >= 15 is 0 Å². The monoisotopic (exact) mass is 343 g/mol. The van der Waals surface area contributed by atoms with Gasteiger partial charge in [-0.2, -0.15) is 0 Å². The van der Waals surface area contributed by atoms with Crippen molar-refractivity contribution in [3.8, 4) is 0 Å². The van der Waals surface area contributed by atoms with Gasteiger partial charge in [-0.1, -0.05) is 24.3 Å². The number of benzene rings is 2. The molecule has 24 heavy (non-hydrogen) atoms. The van der Waals surface area contributed by atoms with Crippen molar-refractivity contribution in [1.82, 2.24) is 0 Å². The summed E-state index contributed by atoms with van der Waals surface area (Å²) in [6.07, 6.45) is -0.0725. The molecule has 0 aromatic heterocycles. The predicted octanol–water partition coefficient (Wildman–Crippen LogP) is 3.04. The van der Waals surface area contributed by atoms with Crippen LogP contribution in [0.25, 0.3) is 0 Å². The second-order valence-corrected chi connectivity index (χ2v) is 6.36. The van der Waals surface area contributed by atoms with E-state index in [2.05, 4.69) is 10.6 Å². The standard InChI is InChI=1S/C16H13N3O4S/c20-15(17-10-5-1-3-7-12(10)19(22)23)9-14-16(21)18-11-6-2-4-8-13(11)24-14/h1-8,14H,9H2,(H,17,20)(H,18,21). The number of amides is 2. The average Bonchev–Trinajstić information content (AvgIpc) is 2.55. The Kier molecular flexibility index (Phi) is 4.48. The third kappa shape index (κ3) is 3.38. The Morgan fingerprint density at radius 2 is 1.92 bits per heavy atom. The van der Waals surface area contributed by atoms with Crippen LogP contribution >= 0.6 is 11.8 Å². The minimum atomic E-state index is -0.581. The molecule has 1 atom stereocenters. The van der Waals surface area contributed by atoms with E-state index in [1.165, 1.54) is 30.0 Å². The molecule has 0 saturated heterocycles. The van der Waals surface area contributed by atoms with Crippen LogP contribution in [0.15, 0.2) is 53.4 Å². The summed E-state index contributed by atoms with van der Waals surface area (Å²) in [6.45, 7) is 0. The van der Waals surface area contributed by atoms with E-state index in [0.29, 0.717) is 0 Å². The van der Waals surface area contributed by atoms with Gasteiger partial charge in [-0.25, -0.2) is 0 Å². The van der Waals surface area contributed by atoms with E-state index in [-0.39, 0.29) is 23.7 Å². The maximum absolute atomic E-state index is 12.2. The van der Waals surface area contributed by atoms with Crippen molar-refractivity contribution >= 4 is 40.6 Å². The number of nitrogens with zero attached hydrogens (tertiary/aromatic N) is 1. The van der Waals surface area contributed by atoms with E-state index < -0.39 is 16.1 Å². The lowest BCUT2D eigenvalue weighted by atomic mass is 10.2. The topological polar surface area (TPSA) is 101 Å². The van der Waals surface area contributed by atoms with Crippen molar-refractivity contribution in [3.05, 3.63) is 58.6 Å². The molecule has 3 rings (SSSR count). The second-order valence-electron chi connectivity index (χ2n) is 5.12. The Balaban J connectivity index is 1.70. The Labute approximate surface area is 141 Å². The van der Waals surface area contributed by atoms with Gasteiger partial charge in [0.2, 0.25) is 11.8 Å². The molecule has 8 heteroatoms. The molecule has 1 aliphatic rings. The summed E-state index contributed by atoms with van der Waals surface area (Å²) in [4.78, 5) is 35.6. The molecule has 2 amide bonds.